The van der Waals surface area contributed by atoms with Crippen LogP contribution in [0.5, 0.6) is 0 Å². The van der Waals surface area contributed by atoms with Gasteiger partial charge in [0.1, 0.15) is 0 Å². The van der Waals surface area contributed by atoms with Crippen molar-refractivity contribution in [3.05, 3.63) is 187 Å². The predicted molar refractivity (Wildman–Crippen MR) is 221 cm³/mol. The summed E-state index contributed by atoms with van der Waals surface area (Å²) in [4.78, 5) is 0. The van der Waals surface area contributed by atoms with Crippen molar-refractivity contribution < 1.29 is 9.13 Å². The van der Waals surface area contributed by atoms with Crippen molar-refractivity contribution in [1.29, 1.82) is 0 Å². The highest BCUT2D eigenvalue weighted by atomic mass is 31.2. The summed E-state index contributed by atoms with van der Waals surface area (Å²) in [5.74, 6) is 5.81. The van der Waals surface area contributed by atoms with Crippen molar-refractivity contribution in [2.45, 2.75) is 12.8 Å². The smallest absolute Gasteiger partial charge is 0.171 e. The van der Waals surface area contributed by atoms with E-state index in [1.807, 2.05) is 158 Å². The minimum absolute atomic E-state index is 0.658. The van der Waals surface area contributed by atoms with Gasteiger partial charge in [0, 0.05) is 48.5 Å². The first-order valence-corrected chi connectivity index (χ1v) is 20.7. The molecule has 0 bridgehead atoms. The Morgan fingerprint density at radius 2 is 0.942 bits per heavy atom. The molecule has 0 aromatic heterocycles. The number of benzene rings is 7. The molecule has 4 heteroatoms. The predicted octanol–water partition coefficient (Wildman–Crippen LogP) is 8.73. The third-order valence-electron chi connectivity index (χ3n) is 10.1. The zero-order valence-electron chi connectivity index (χ0n) is 28.4. The third-order valence-corrected chi connectivity index (χ3v) is 16.3. The topological polar surface area (TPSA) is 34.1 Å². The first kappa shape index (κ1) is 33.3. The monoisotopic (exact) mass is 704 g/mol. The Balaban J connectivity index is 1.62. The van der Waals surface area contributed by atoms with Gasteiger partial charge in [-0.1, -0.05) is 164 Å². The van der Waals surface area contributed by atoms with Crippen LogP contribution < -0.4 is 31.8 Å². The van der Waals surface area contributed by atoms with E-state index in [0.29, 0.717) is 44.7 Å². The standard InChI is InChI=1S/C48H34O2P2/c1-3-35-19-17-29-43-41(35)31-33-45(51(49,37-21-9-5-10-22-37)38-23-11-6-12-24-38)47(43)48-44-30-18-20-36(4-2)42(44)32-34-46(48)52(50,39-25-13-7-14-26-39)40-27-15-8-16-28-40/h1-2,5-17,19-29,31-34H,18,30H2. The van der Waals surface area contributed by atoms with Crippen molar-refractivity contribution in [2.75, 3.05) is 0 Å². The van der Waals surface area contributed by atoms with Crippen molar-refractivity contribution in [3.8, 4) is 35.8 Å². The molecule has 0 atom stereocenters. The molecule has 7 aromatic carbocycles. The van der Waals surface area contributed by atoms with E-state index < -0.39 is 14.3 Å². The van der Waals surface area contributed by atoms with E-state index in [4.69, 9.17) is 12.8 Å². The second kappa shape index (κ2) is 13.7. The summed E-state index contributed by atoms with van der Waals surface area (Å²) >= 11 is 0. The molecule has 0 N–H and O–H groups in total. The van der Waals surface area contributed by atoms with Crippen LogP contribution in [0.15, 0.2) is 170 Å². The Morgan fingerprint density at radius 1 is 0.462 bits per heavy atom. The molecule has 1 aliphatic carbocycles. The summed E-state index contributed by atoms with van der Waals surface area (Å²) in [5, 5.41) is 5.88. The van der Waals surface area contributed by atoms with Crippen molar-refractivity contribution in [2.24, 2.45) is 0 Å². The van der Waals surface area contributed by atoms with Gasteiger partial charge in [-0.05, 0) is 58.5 Å². The van der Waals surface area contributed by atoms with Gasteiger partial charge >= 0.3 is 0 Å². The first-order chi connectivity index (χ1) is 25.5. The maximum absolute atomic E-state index is 16.5. The molecule has 0 unspecified atom stereocenters. The lowest BCUT2D eigenvalue weighted by Gasteiger charge is -2.31. The van der Waals surface area contributed by atoms with E-state index in [-0.39, 0.29) is 0 Å². The van der Waals surface area contributed by atoms with Gasteiger partial charge in [0.2, 0.25) is 0 Å². The molecular formula is C48H34O2P2. The van der Waals surface area contributed by atoms with Crippen LogP contribution in [0, 0.1) is 24.7 Å². The lowest BCUT2D eigenvalue weighted by atomic mass is 9.84. The second-order valence-corrected chi connectivity index (χ2v) is 18.3. The molecule has 0 amide bonds. The van der Waals surface area contributed by atoms with Crippen LogP contribution in [0.25, 0.3) is 27.5 Å². The van der Waals surface area contributed by atoms with Crippen molar-refractivity contribution in [1.82, 2.24) is 0 Å². The molecule has 8 rings (SSSR count). The number of hydrogen-bond donors (Lipinski definition) is 0. The molecule has 1 aliphatic rings. The minimum Gasteiger partial charge on any atom is -0.309 e. The van der Waals surface area contributed by atoms with Crippen LogP contribution in [0.4, 0.5) is 0 Å². The Kier molecular flexibility index (Phi) is 8.76. The van der Waals surface area contributed by atoms with Gasteiger partial charge in [0.05, 0.1) is 0 Å². The highest BCUT2D eigenvalue weighted by Crippen LogP contribution is 2.52. The van der Waals surface area contributed by atoms with E-state index in [2.05, 4.69) is 24.0 Å². The lowest BCUT2D eigenvalue weighted by Crippen LogP contribution is -2.31. The normalized spacial score (nSPS) is 12.7. The van der Waals surface area contributed by atoms with E-state index >= 15 is 9.13 Å². The van der Waals surface area contributed by atoms with Gasteiger partial charge in [0.25, 0.3) is 0 Å². The van der Waals surface area contributed by atoms with Crippen LogP contribution in [0.1, 0.15) is 23.1 Å². The molecule has 0 saturated carbocycles. The summed E-state index contributed by atoms with van der Waals surface area (Å²) in [6, 6.07) is 52.7. The van der Waals surface area contributed by atoms with Crippen LogP contribution in [-0.4, -0.2) is 0 Å². The number of rotatable bonds is 7. The SMILES string of the molecule is C#CC1=CCCc2c1ccc(P(=O)(c1ccccc1)c1ccccc1)c2-c1c(P(=O)(c2ccccc2)c2ccccc2)ccc2c(C#C)cccc12. The van der Waals surface area contributed by atoms with Gasteiger partial charge in [-0.25, -0.2) is 0 Å². The molecule has 52 heavy (non-hydrogen) atoms. The molecule has 248 valence electrons. The van der Waals surface area contributed by atoms with Crippen LogP contribution in [-0.2, 0) is 15.6 Å². The molecule has 0 saturated heterocycles. The number of terminal acetylenes is 2. The average molecular weight is 705 g/mol. The number of fused-ring (bicyclic) bond motifs is 2. The summed E-state index contributed by atoms with van der Waals surface area (Å²) < 4.78 is 32.9. The number of allylic oxidation sites excluding steroid dienone is 2. The molecule has 7 aromatic rings. The Labute approximate surface area is 305 Å². The second-order valence-electron chi connectivity index (χ2n) is 12.9. The first-order valence-electron chi connectivity index (χ1n) is 17.3. The fourth-order valence-electron chi connectivity index (χ4n) is 7.70. The zero-order chi connectivity index (χ0) is 35.7. The van der Waals surface area contributed by atoms with Gasteiger partial charge in [-0.3, -0.25) is 0 Å². The molecule has 2 nitrogen and oxygen atoms in total. The van der Waals surface area contributed by atoms with Crippen molar-refractivity contribution in [3.63, 3.8) is 0 Å². The molecule has 0 radical (unpaired) electrons. The van der Waals surface area contributed by atoms with E-state index in [9.17, 15) is 0 Å². The van der Waals surface area contributed by atoms with Gasteiger partial charge < -0.3 is 9.13 Å². The maximum atomic E-state index is 16.5. The molecular weight excluding hydrogens is 670 g/mol. The quantitative estimate of drug-likeness (QED) is 0.123. The molecule has 0 spiro atoms. The minimum atomic E-state index is -3.58. The molecule has 0 heterocycles. The van der Waals surface area contributed by atoms with E-state index in [1.54, 1.807) is 0 Å². The van der Waals surface area contributed by atoms with Crippen LogP contribution in [0.3, 0.4) is 0 Å². The molecule has 0 aliphatic heterocycles. The summed E-state index contributed by atoms with van der Waals surface area (Å²) in [6.07, 6.45) is 15.8. The Bertz CT molecular complexity index is 2600. The van der Waals surface area contributed by atoms with E-state index in [0.717, 1.165) is 44.2 Å². The van der Waals surface area contributed by atoms with Gasteiger partial charge in [-0.15, -0.1) is 12.8 Å². The molecule has 0 fully saturated rings. The van der Waals surface area contributed by atoms with Gasteiger partial charge in [-0.2, -0.15) is 0 Å². The average Bonchev–Trinajstić information content (AvgIpc) is 3.23. The Morgan fingerprint density at radius 3 is 1.42 bits per heavy atom. The van der Waals surface area contributed by atoms with Crippen LogP contribution in [0.2, 0.25) is 0 Å². The highest BCUT2D eigenvalue weighted by Gasteiger charge is 2.39. The number of hydrogen-bond acceptors (Lipinski definition) is 2. The highest BCUT2D eigenvalue weighted by molar-refractivity contribution is 7.86. The third kappa shape index (κ3) is 5.32. The largest absolute Gasteiger partial charge is 0.309 e. The van der Waals surface area contributed by atoms with Gasteiger partial charge in [0.15, 0.2) is 14.3 Å². The fraction of sp³-hybridized carbons (Fsp3) is 0.0417. The Hall–Kier alpha value is -5.88. The van der Waals surface area contributed by atoms with Crippen molar-refractivity contribution >= 4 is 62.5 Å². The lowest BCUT2D eigenvalue weighted by molar-refractivity contribution is 0.591. The fourth-order valence-corrected chi connectivity index (χ4v) is 13.5. The summed E-state index contributed by atoms with van der Waals surface area (Å²) in [7, 11) is -7.15. The zero-order valence-corrected chi connectivity index (χ0v) is 30.2. The summed E-state index contributed by atoms with van der Waals surface area (Å²) in [5.41, 5.74) is 5.00. The van der Waals surface area contributed by atoms with Crippen LogP contribution >= 0.6 is 14.3 Å². The maximum Gasteiger partial charge on any atom is 0.171 e. The van der Waals surface area contributed by atoms with E-state index in [1.165, 1.54) is 0 Å². The summed E-state index contributed by atoms with van der Waals surface area (Å²) in [6.45, 7) is 0.